The Morgan fingerprint density at radius 1 is 0.850 bits per heavy atom. The molecule has 210 valence electrons. The molecular weight excluding hydrogens is 490 g/mol. The molecule has 0 aliphatic carbocycles. The summed E-state index contributed by atoms with van der Waals surface area (Å²) in [7, 11) is 0. The molecule has 4 aromatic rings. The van der Waals surface area contributed by atoms with Crippen molar-refractivity contribution in [3.05, 3.63) is 108 Å². The summed E-state index contributed by atoms with van der Waals surface area (Å²) >= 11 is 0. The van der Waals surface area contributed by atoms with E-state index in [1.54, 1.807) is 0 Å². The van der Waals surface area contributed by atoms with E-state index in [-0.39, 0.29) is 11.9 Å². The summed E-state index contributed by atoms with van der Waals surface area (Å²) < 4.78 is 2.19. The molecule has 4 heteroatoms. The van der Waals surface area contributed by atoms with Crippen molar-refractivity contribution in [2.75, 3.05) is 18.4 Å². The molecule has 0 saturated carbocycles. The van der Waals surface area contributed by atoms with Crippen LogP contribution in [0.1, 0.15) is 69.3 Å². The second-order valence-electron chi connectivity index (χ2n) is 11.1. The average Bonchev–Trinajstić information content (AvgIpc) is 3.41. The van der Waals surface area contributed by atoms with Gasteiger partial charge < -0.3 is 14.8 Å². The highest BCUT2D eigenvalue weighted by atomic mass is 16.2. The van der Waals surface area contributed by atoms with Gasteiger partial charge >= 0.3 is 0 Å². The lowest BCUT2D eigenvalue weighted by Crippen LogP contribution is -2.43. The first kappa shape index (κ1) is 29.2. The maximum absolute atomic E-state index is 14.6. The SMILES string of the molecule is CCCCNc1ccccc1-n1ccc(C(=O)N(CCC)C(Cc2ccccc2)CC(C)C)c1-c1ccccc1. The number of benzene rings is 3. The molecule has 40 heavy (non-hydrogen) atoms. The molecule has 1 unspecified atom stereocenters. The molecule has 3 aromatic carbocycles. The zero-order chi connectivity index (χ0) is 28.3. The fourth-order valence-corrected chi connectivity index (χ4v) is 5.53. The van der Waals surface area contributed by atoms with Crippen molar-refractivity contribution in [2.45, 2.75) is 65.8 Å². The third-order valence-electron chi connectivity index (χ3n) is 7.40. The Morgan fingerprint density at radius 2 is 1.52 bits per heavy atom. The number of unbranched alkanes of at least 4 members (excludes halogenated alkanes) is 1. The highest BCUT2D eigenvalue weighted by Crippen LogP contribution is 2.33. The number of hydrogen-bond donors (Lipinski definition) is 1. The van der Waals surface area contributed by atoms with Gasteiger partial charge in [0.1, 0.15) is 0 Å². The number of nitrogens with one attached hydrogen (secondary N) is 1. The topological polar surface area (TPSA) is 37.3 Å². The monoisotopic (exact) mass is 535 g/mol. The Balaban J connectivity index is 1.79. The molecule has 0 aliphatic rings. The van der Waals surface area contributed by atoms with Crippen LogP contribution < -0.4 is 5.32 Å². The Hall–Kier alpha value is -3.79. The molecule has 0 radical (unpaired) electrons. The van der Waals surface area contributed by atoms with Gasteiger partial charge in [-0.25, -0.2) is 0 Å². The lowest BCUT2D eigenvalue weighted by Gasteiger charge is -2.33. The predicted molar refractivity (Wildman–Crippen MR) is 169 cm³/mol. The molecule has 4 nitrogen and oxygen atoms in total. The first-order chi connectivity index (χ1) is 19.5. The van der Waals surface area contributed by atoms with Crippen LogP contribution in [0.15, 0.2) is 97.2 Å². The molecule has 1 heterocycles. The van der Waals surface area contributed by atoms with Crippen LogP contribution in [0, 0.1) is 5.92 Å². The summed E-state index contributed by atoms with van der Waals surface area (Å²) in [5, 5.41) is 3.62. The lowest BCUT2D eigenvalue weighted by molar-refractivity contribution is 0.0655. The van der Waals surface area contributed by atoms with Gasteiger partial charge in [-0.1, -0.05) is 107 Å². The minimum Gasteiger partial charge on any atom is -0.383 e. The van der Waals surface area contributed by atoms with Crippen molar-refractivity contribution in [1.29, 1.82) is 0 Å². The van der Waals surface area contributed by atoms with E-state index in [1.807, 2.05) is 24.3 Å². The second-order valence-corrected chi connectivity index (χ2v) is 11.1. The number of amides is 1. The first-order valence-corrected chi connectivity index (χ1v) is 15.0. The van der Waals surface area contributed by atoms with Gasteiger partial charge in [0.05, 0.1) is 22.6 Å². The number of carbonyl (C=O) groups is 1. The molecular formula is C36H45N3O. The van der Waals surface area contributed by atoms with Crippen LogP contribution in [0.5, 0.6) is 0 Å². The van der Waals surface area contributed by atoms with Crippen LogP contribution in [0.2, 0.25) is 0 Å². The highest BCUT2D eigenvalue weighted by Gasteiger charge is 2.29. The van der Waals surface area contributed by atoms with Crippen LogP contribution in [0.25, 0.3) is 16.9 Å². The molecule has 1 aromatic heterocycles. The summed E-state index contributed by atoms with van der Waals surface area (Å²) in [4.78, 5) is 16.7. The summed E-state index contributed by atoms with van der Waals surface area (Å²) in [6.07, 6.45) is 7.05. The number of carbonyl (C=O) groups excluding carboxylic acids is 1. The maximum atomic E-state index is 14.6. The van der Waals surface area contributed by atoms with Crippen molar-refractivity contribution < 1.29 is 4.79 Å². The largest absolute Gasteiger partial charge is 0.383 e. The van der Waals surface area contributed by atoms with E-state index in [1.165, 1.54) is 5.56 Å². The normalized spacial score (nSPS) is 11.9. The quantitative estimate of drug-likeness (QED) is 0.164. The third kappa shape index (κ3) is 7.24. The summed E-state index contributed by atoms with van der Waals surface area (Å²) in [5.41, 5.74) is 6.15. The van der Waals surface area contributed by atoms with Gasteiger partial charge in [0, 0.05) is 25.3 Å². The Morgan fingerprint density at radius 3 is 2.20 bits per heavy atom. The van der Waals surface area contributed by atoms with Crippen molar-refractivity contribution in [2.24, 2.45) is 5.92 Å². The van der Waals surface area contributed by atoms with Crippen molar-refractivity contribution in [3.8, 4) is 16.9 Å². The predicted octanol–water partition coefficient (Wildman–Crippen LogP) is 8.87. The van der Waals surface area contributed by atoms with Gasteiger partial charge in [0.15, 0.2) is 0 Å². The molecule has 0 bridgehead atoms. The number of hydrogen-bond acceptors (Lipinski definition) is 2. The fourth-order valence-electron chi connectivity index (χ4n) is 5.53. The number of nitrogens with zero attached hydrogens (tertiary/aromatic N) is 2. The zero-order valence-corrected chi connectivity index (χ0v) is 24.6. The van der Waals surface area contributed by atoms with E-state index in [0.29, 0.717) is 5.92 Å². The van der Waals surface area contributed by atoms with Crippen molar-refractivity contribution in [3.63, 3.8) is 0 Å². The smallest absolute Gasteiger partial charge is 0.256 e. The van der Waals surface area contributed by atoms with Crippen LogP contribution in [-0.2, 0) is 6.42 Å². The molecule has 1 amide bonds. The number of aromatic nitrogens is 1. The minimum absolute atomic E-state index is 0.109. The molecule has 1 N–H and O–H groups in total. The van der Waals surface area contributed by atoms with Gasteiger partial charge in [0.25, 0.3) is 5.91 Å². The lowest BCUT2D eigenvalue weighted by atomic mass is 9.94. The molecule has 4 rings (SSSR count). The van der Waals surface area contributed by atoms with E-state index < -0.39 is 0 Å². The van der Waals surface area contributed by atoms with Crippen molar-refractivity contribution >= 4 is 11.6 Å². The van der Waals surface area contributed by atoms with E-state index in [2.05, 4.69) is 115 Å². The summed E-state index contributed by atoms with van der Waals surface area (Å²) in [6, 6.07) is 31.5. The number of anilines is 1. The summed E-state index contributed by atoms with van der Waals surface area (Å²) in [6.45, 7) is 10.5. The molecule has 0 fully saturated rings. The first-order valence-electron chi connectivity index (χ1n) is 15.0. The van der Waals surface area contributed by atoms with Gasteiger partial charge in [-0.2, -0.15) is 0 Å². The number of para-hydroxylation sites is 2. The average molecular weight is 536 g/mol. The summed E-state index contributed by atoms with van der Waals surface area (Å²) in [5.74, 6) is 0.595. The molecule has 0 aliphatic heterocycles. The molecule has 0 spiro atoms. The van der Waals surface area contributed by atoms with Crippen LogP contribution in [0.4, 0.5) is 5.69 Å². The van der Waals surface area contributed by atoms with Gasteiger partial charge in [-0.15, -0.1) is 0 Å². The minimum atomic E-state index is 0.109. The van der Waals surface area contributed by atoms with Crippen molar-refractivity contribution in [1.82, 2.24) is 9.47 Å². The van der Waals surface area contributed by atoms with Crippen LogP contribution >= 0.6 is 0 Å². The zero-order valence-electron chi connectivity index (χ0n) is 24.6. The Labute approximate surface area is 241 Å². The molecule has 0 saturated heterocycles. The van der Waals surface area contributed by atoms with E-state index in [9.17, 15) is 4.79 Å². The van der Waals surface area contributed by atoms with Crippen LogP contribution in [-0.4, -0.2) is 34.5 Å². The maximum Gasteiger partial charge on any atom is 0.256 e. The highest BCUT2D eigenvalue weighted by molar-refractivity contribution is 6.01. The standard InChI is InChI=1S/C36H45N3O/c1-5-7-23-37-33-20-14-15-21-34(33)39-25-22-32(35(39)30-18-12-9-13-19-30)36(40)38(24-6-2)31(26-28(3)4)27-29-16-10-8-11-17-29/h8-22,25,28,31,37H,5-7,23-24,26-27H2,1-4H3. The molecule has 1 atom stereocenters. The van der Waals surface area contributed by atoms with Gasteiger partial charge in [0.2, 0.25) is 0 Å². The Bertz CT molecular complexity index is 1330. The van der Waals surface area contributed by atoms with E-state index in [0.717, 1.165) is 73.4 Å². The third-order valence-corrected chi connectivity index (χ3v) is 7.40. The Kier molecular flexibility index (Phi) is 10.6. The van der Waals surface area contributed by atoms with E-state index in [4.69, 9.17) is 0 Å². The van der Waals surface area contributed by atoms with Gasteiger partial charge in [-0.3, -0.25) is 4.79 Å². The van der Waals surface area contributed by atoms with Crippen LogP contribution in [0.3, 0.4) is 0 Å². The second kappa shape index (κ2) is 14.6. The number of rotatable bonds is 14. The van der Waals surface area contributed by atoms with E-state index >= 15 is 0 Å². The van der Waals surface area contributed by atoms with Gasteiger partial charge in [-0.05, 0) is 60.9 Å². The fraction of sp³-hybridized carbons (Fsp3) is 0.361.